The van der Waals surface area contributed by atoms with E-state index in [0.29, 0.717) is 0 Å². The summed E-state index contributed by atoms with van der Waals surface area (Å²) in [4.78, 5) is 8.89. The molecule has 0 amide bonds. The molecule has 0 saturated carbocycles. The molecule has 0 saturated heterocycles. The largest absolute Gasteiger partial charge is 0.550 e. The fourth-order valence-electron chi connectivity index (χ4n) is 3.18. The maximum atomic E-state index is 8.89. The van der Waals surface area contributed by atoms with E-state index in [-0.39, 0.29) is 0 Å². The van der Waals surface area contributed by atoms with Crippen LogP contribution in [0.2, 0.25) is 0 Å². The van der Waals surface area contributed by atoms with Gasteiger partial charge in [0.2, 0.25) is 5.69 Å². The first-order valence-electron chi connectivity index (χ1n) is 7.04. The van der Waals surface area contributed by atoms with Crippen LogP contribution >= 0.6 is 0 Å². The zero-order chi connectivity index (χ0) is 14.1. The molecule has 1 aliphatic heterocycles. The van der Waals surface area contributed by atoms with Gasteiger partial charge in [0, 0.05) is 30.2 Å². The predicted molar refractivity (Wildman–Crippen MR) is 72.8 cm³/mol. The lowest BCUT2D eigenvalue weighted by molar-refractivity contribution is -0.697. The second kappa shape index (κ2) is 5.12. The lowest BCUT2D eigenvalue weighted by Crippen LogP contribution is -2.45. The third kappa shape index (κ3) is 2.22. The monoisotopic (exact) mass is 270 g/mol. The number of rotatable bonds is 0. The van der Waals surface area contributed by atoms with Crippen LogP contribution in [0.4, 0.5) is 0 Å². The molecule has 0 N–H and O–H groups in total. The van der Waals surface area contributed by atoms with E-state index in [0.717, 1.165) is 20.0 Å². The minimum absolute atomic E-state index is 0.972. The maximum absolute atomic E-state index is 8.89. The Kier molecular flexibility index (Phi) is 3.30. The number of hydrogen-bond acceptors (Lipinski definition) is 2. The molecule has 20 heavy (non-hydrogen) atoms. The molecule has 4 rings (SSSR count). The molecule has 104 valence electrons. The number of aliphatic carboxylic acids is 1. The van der Waals surface area contributed by atoms with E-state index in [1.165, 1.54) is 30.7 Å². The van der Waals surface area contributed by atoms with Crippen LogP contribution in [-0.2, 0) is 30.7 Å². The van der Waals surface area contributed by atoms with E-state index in [1.54, 1.807) is 11.3 Å². The Labute approximate surface area is 118 Å². The number of carbonyl (C=O) groups excluding carboxylic acids is 1. The van der Waals surface area contributed by atoms with Gasteiger partial charge >= 0.3 is 0 Å². The van der Waals surface area contributed by atoms with E-state index in [4.69, 9.17) is 9.90 Å². The molecule has 2 aliphatic rings. The Hall–Kier alpha value is -2.10. The minimum Gasteiger partial charge on any atom is -0.550 e. The van der Waals surface area contributed by atoms with Crippen molar-refractivity contribution in [3.8, 4) is 11.4 Å². The standard InChI is InChI=1S/C14H15N2.C2H4O2/c1-3-11-6-7-14-13-5-2-8-15(13)9-10-16(14)12(11)4-1;1-2(3)4/h2,5-8H,1,3-4,9-10H2;1H3,(H,3,4)/q+1;/p-1. The maximum Gasteiger partial charge on any atom is 0.229 e. The second-order valence-electron chi connectivity index (χ2n) is 5.27. The van der Waals surface area contributed by atoms with Gasteiger partial charge in [-0.25, -0.2) is 0 Å². The summed E-state index contributed by atoms with van der Waals surface area (Å²) in [6.07, 6.45) is 6.06. The van der Waals surface area contributed by atoms with Gasteiger partial charge in [-0.05, 0) is 38.0 Å². The lowest BCUT2D eigenvalue weighted by atomic mass is 10.1. The third-order valence-corrected chi connectivity index (χ3v) is 3.95. The van der Waals surface area contributed by atoms with Crippen LogP contribution in [0.25, 0.3) is 11.4 Å². The van der Waals surface area contributed by atoms with Crippen LogP contribution in [0.15, 0.2) is 30.5 Å². The summed E-state index contributed by atoms with van der Waals surface area (Å²) < 4.78 is 4.90. The summed E-state index contributed by atoms with van der Waals surface area (Å²) in [5.74, 6) is -1.08. The molecule has 2 aromatic rings. The van der Waals surface area contributed by atoms with Gasteiger partial charge in [-0.1, -0.05) is 0 Å². The highest BCUT2D eigenvalue weighted by Gasteiger charge is 2.29. The highest BCUT2D eigenvalue weighted by molar-refractivity contribution is 5.60. The van der Waals surface area contributed by atoms with Gasteiger partial charge in [-0.3, -0.25) is 0 Å². The molecule has 0 fully saturated rings. The summed E-state index contributed by atoms with van der Waals surface area (Å²) in [6.45, 7) is 3.23. The lowest BCUT2D eigenvalue weighted by Gasteiger charge is -2.16. The van der Waals surface area contributed by atoms with E-state index in [2.05, 4.69) is 39.6 Å². The number of aryl methyl sites for hydroxylation is 2. The van der Waals surface area contributed by atoms with Crippen LogP contribution in [0.1, 0.15) is 24.6 Å². The Morgan fingerprint density at radius 1 is 1.30 bits per heavy atom. The van der Waals surface area contributed by atoms with Gasteiger partial charge in [0.1, 0.15) is 5.69 Å². The average Bonchev–Trinajstić information content (AvgIpc) is 3.06. The highest BCUT2D eigenvalue weighted by Crippen LogP contribution is 2.25. The number of pyridine rings is 1. The minimum atomic E-state index is -1.08. The van der Waals surface area contributed by atoms with E-state index >= 15 is 0 Å². The predicted octanol–water partition coefficient (Wildman–Crippen LogP) is 0.701. The summed E-state index contributed by atoms with van der Waals surface area (Å²) in [5.41, 5.74) is 5.94. The van der Waals surface area contributed by atoms with Crippen molar-refractivity contribution in [3.63, 3.8) is 0 Å². The number of fused-ring (bicyclic) bond motifs is 5. The summed E-state index contributed by atoms with van der Waals surface area (Å²) in [5, 5.41) is 8.89. The van der Waals surface area contributed by atoms with Gasteiger partial charge in [0.05, 0.1) is 6.54 Å². The van der Waals surface area contributed by atoms with Crippen LogP contribution < -0.4 is 9.67 Å². The SMILES string of the molecule is CC(=O)[O-].c1cc2n(c1)CC[n+]1c-2ccc2c1CCC2. The molecule has 0 unspecified atom stereocenters. The van der Waals surface area contributed by atoms with Crippen LogP contribution in [-0.4, -0.2) is 10.5 Å². The fraction of sp³-hybridized carbons (Fsp3) is 0.375. The van der Waals surface area contributed by atoms with Crippen molar-refractivity contribution < 1.29 is 14.5 Å². The molecular formula is C16H18N2O2. The van der Waals surface area contributed by atoms with Crippen LogP contribution in [0, 0.1) is 0 Å². The molecule has 2 aromatic heterocycles. The van der Waals surface area contributed by atoms with Crippen molar-refractivity contribution in [1.29, 1.82) is 0 Å². The number of carboxylic acids is 1. The molecular weight excluding hydrogens is 252 g/mol. The van der Waals surface area contributed by atoms with E-state index in [1.807, 2.05) is 0 Å². The van der Waals surface area contributed by atoms with E-state index in [9.17, 15) is 0 Å². The van der Waals surface area contributed by atoms with Crippen molar-refractivity contribution >= 4 is 5.97 Å². The van der Waals surface area contributed by atoms with Crippen LogP contribution in [0.3, 0.4) is 0 Å². The fourth-order valence-corrected chi connectivity index (χ4v) is 3.18. The molecule has 1 aliphatic carbocycles. The van der Waals surface area contributed by atoms with Gasteiger partial charge in [0.25, 0.3) is 0 Å². The summed E-state index contributed by atoms with van der Waals surface area (Å²) in [6, 6.07) is 9.01. The number of carbonyl (C=O) groups is 1. The Balaban J connectivity index is 0.000000272. The molecule has 3 heterocycles. The Morgan fingerprint density at radius 2 is 2.10 bits per heavy atom. The first kappa shape index (κ1) is 12.9. The van der Waals surface area contributed by atoms with Crippen molar-refractivity contribution in [3.05, 3.63) is 41.7 Å². The van der Waals surface area contributed by atoms with Crippen LogP contribution in [0.5, 0.6) is 0 Å². The molecule has 4 nitrogen and oxygen atoms in total. The number of aromatic nitrogens is 2. The smallest absolute Gasteiger partial charge is 0.229 e. The first-order valence-corrected chi connectivity index (χ1v) is 7.04. The number of carboxylic acid groups (broad SMARTS) is 1. The number of hydrogen-bond donors (Lipinski definition) is 0. The van der Waals surface area contributed by atoms with Crippen molar-refractivity contribution in [1.82, 2.24) is 4.57 Å². The van der Waals surface area contributed by atoms with Gasteiger partial charge in [-0.2, -0.15) is 4.57 Å². The second-order valence-corrected chi connectivity index (χ2v) is 5.27. The molecule has 0 bridgehead atoms. The zero-order valence-corrected chi connectivity index (χ0v) is 11.6. The quantitative estimate of drug-likeness (QED) is 0.662. The topological polar surface area (TPSA) is 48.9 Å². The summed E-state index contributed by atoms with van der Waals surface area (Å²) >= 11 is 0. The third-order valence-electron chi connectivity index (χ3n) is 3.95. The Morgan fingerprint density at radius 3 is 2.90 bits per heavy atom. The van der Waals surface area contributed by atoms with Gasteiger partial charge in [-0.15, -0.1) is 0 Å². The van der Waals surface area contributed by atoms with Crippen molar-refractivity contribution in [2.45, 2.75) is 39.3 Å². The molecule has 0 spiro atoms. The van der Waals surface area contributed by atoms with Crippen molar-refractivity contribution in [2.24, 2.45) is 0 Å². The van der Waals surface area contributed by atoms with Gasteiger partial charge in [0.15, 0.2) is 12.2 Å². The van der Waals surface area contributed by atoms with Gasteiger partial charge < -0.3 is 14.5 Å². The molecule has 4 heteroatoms. The first-order chi connectivity index (χ1) is 9.66. The van der Waals surface area contributed by atoms with Crippen molar-refractivity contribution in [2.75, 3.05) is 0 Å². The molecule has 0 atom stereocenters. The highest BCUT2D eigenvalue weighted by atomic mass is 16.4. The zero-order valence-electron chi connectivity index (χ0n) is 11.6. The molecule has 0 radical (unpaired) electrons. The number of nitrogens with zero attached hydrogens (tertiary/aromatic N) is 2. The summed E-state index contributed by atoms with van der Waals surface area (Å²) in [7, 11) is 0. The normalized spacial score (nSPS) is 14.7. The molecule has 0 aromatic carbocycles. The average molecular weight is 270 g/mol. The Bertz CT molecular complexity index is 654. The van der Waals surface area contributed by atoms with E-state index < -0.39 is 5.97 Å².